The molecule has 0 unspecified atom stereocenters. The molecule has 3 saturated carbocycles. The molecular formula is C44H71NaO19S. The Labute approximate surface area is 403 Å². The number of aliphatic hydroxyl groups is 8. The van der Waals surface area contributed by atoms with Gasteiger partial charge in [-0.05, 0) is 106 Å². The Morgan fingerprint density at radius 3 is 2.12 bits per heavy atom. The van der Waals surface area contributed by atoms with Gasteiger partial charge in [0.2, 0.25) is 10.4 Å². The van der Waals surface area contributed by atoms with Crippen molar-refractivity contribution < 1.29 is 121 Å². The van der Waals surface area contributed by atoms with Crippen molar-refractivity contribution >= 4 is 16.2 Å². The van der Waals surface area contributed by atoms with Crippen LogP contribution in [0.2, 0.25) is 0 Å². The number of carbonyl (C=O) groups excluding carboxylic acids is 1. The molecule has 0 aromatic rings. The van der Waals surface area contributed by atoms with E-state index in [0.29, 0.717) is 32.1 Å². The summed E-state index contributed by atoms with van der Waals surface area (Å²) >= 11 is 0. The molecule has 6 fully saturated rings. The second-order valence-corrected chi connectivity index (χ2v) is 22.1. The van der Waals surface area contributed by atoms with Crippen molar-refractivity contribution in [2.75, 3.05) is 6.61 Å². The fourth-order valence-corrected chi connectivity index (χ4v) is 13.4. The summed E-state index contributed by atoms with van der Waals surface area (Å²) in [7, 11) is -5.04. The predicted octanol–water partition coefficient (Wildman–Crippen LogP) is -2.69. The molecule has 21 heteroatoms. The molecule has 0 radical (unpaired) electrons. The van der Waals surface area contributed by atoms with E-state index >= 15 is 0 Å². The molecule has 19 nitrogen and oxygen atoms in total. The summed E-state index contributed by atoms with van der Waals surface area (Å²) in [5, 5.41) is 88.3. The van der Waals surface area contributed by atoms with Gasteiger partial charge in [0.1, 0.15) is 60.7 Å². The van der Waals surface area contributed by atoms with Gasteiger partial charge >= 0.3 is 29.6 Å². The Hall–Kier alpha value is -0.280. The number of Topliss-reactive ketones (excluding diaryl/α,β-unsaturated/α-hetero) is 1. The zero-order chi connectivity index (χ0) is 47.0. The number of rotatable bonds is 13. The van der Waals surface area contributed by atoms with Gasteiger partial charge in [0.25, 0.3) is 0 Å². The molecule has 7 rings (SSSR count). The third-order valence-corrected chi connectivity index (χ3v) is 16.6. The average Bonchev–Trinajstić information content (AvgIpc) is 3.57. The first-order valence-electron chi connectivity index (χ1n) is 23.0. The van der Waals surface area contributed by atoms with Crippen LogP contribution in [-0.2, 0) is 47.8 Å². The van der Waals surface area contributed by atoms with Crippen molar-refractivity contribution in [2.45, 2.75) is 210 Å². The van der Waals surface area contributed by atoms with Crippen LogP contribution in [0.1, 0.15) is 106 Å². The minimum atomic E-state index is -5.04. The van der Waals surface area contributed by atoms with Gasteiger partial charge in [0.15, 0.2) is 18.9 Å². The number of fused-ring (bicyclic) bond motifs is 5. The van der Waals surface area contributed by atoms with Gasteiger partial charge in [0, 0.05) is 12.8 Å². The van der Waals surface area contributed by atoms with Crippen LogP contribution in [0.3, 0.4) is 0 Å². The molecule has 0 spiro atoms. The summed E-state index contributed by atoms with van der Waals surface area (Å²) in [6.07, 6.45) is -16.7. The van der Waals surface area contributed by atoms with Crippen LogP contribution in [0, 0.1) is 40.4 Å². The summed E-state index contributed by atoms with van der Waals surface area (Å²) in [4.78, 5) is 13.1. The van der Waals surface area contributed by atoms with E-state index in [1.54, 1.807) is 6.92 Å². The third kappa shape index (κ3) is 10.8. The van der Waals surface area contributed by atoms with Gasteiger partial charge in [-0.1, -0.05) is 39.3 Å². The molecule has 4 aliphatic carbocycles. The van der Waals surface area contributed by atoms with E-state index < -0.39 is 132 Å². The van der Waals surface area contributed by atoms with E-state index in [4.69, 9.17) is 32.6 Å². The van der Waals surface area contributed by atoms with Gasteiger partial charge in [-0.2, -0.15) is 0 Å². The normalized spacial score (nSPS) is 48.8. The molecule has 0 aromatic carbocycles. The van der Waals surface area contributed by atoms with Gasteiger partial charge in [-0.25, -0.2) is 8.42 Å². The van der Waals surface area contributed by atoms with E-state index in [9.17, 15) is 58.6 Å². The van der Waals surface area contributed by atoms with Crippen LogP contribution in [0.25, 0.3) is 0 Å². The maximum absolute atomic E-state index is 13.1. The third-order valence-electron chi connectivity index (χ3n) is 16.1. The molecule has 3 heterocycles. The van der Waals surface area contributed by atoms with Crippen LogP contribution >= 0.6 is 0 Å². The minimum Gasteiger partial charge on any atom is -0.726 e. The van der Waals surface area contributed by atoms with Gasteiger partial charge < -0.3 is 73.8 Å². The van der Waals surface area contributed by atoms with E-state index in [0.717, 1.165) is 6.42 Å². The summed E-state index contributed by atoms with van der Waals surface area (Å²) in [6, 6.07) is 0. The quantitative estimate of drug-likeness (QED) is 0.0404. The molecule has 65 heavy (non-hydrogen) atoms. The number of ketones is 1. The number of hydrogen-bond acceptors (Lipinski definition) is 19. The maximum Gasteiger partial charge on any atom is 1.00 e. The molecule has 0 amide bonds. The molecule has 23 atom stereocenters. The SMILES string of the molecule is CC(C)CC(=O)C[C@](C)(O)[C@H]1CC[C@H]2[C@@H]3C[C@H](O[C@@H]4O[C@H](C)[C@@H](O)[C@H](O[C@@H]5OC[C@@H](O)[C@H](O)[C@H]5O[C@@H]5O[C@H](C)[C@@H](O)[C@H](O)[C@H]5O)[C@H]4O)[C@H]4C[C@@H](OS(=O)(=O)[O-])CC[C@]4(C)C3=CC[C@@]21C.[Na+]. The largest absolute Gasteiger partial charge is 1.00 e. The smallest absolute Gasteiger partial charge is 0.726 e. The zero-order valence-corrected chi connectivity index (χ0v) is 41.6. The van der Waals surface area contributed by atoms with Gasteiger partial charge in [0.05, 0.1) is 36.6 Å². The van der Waals surface area contributed by atoms with E-state index in [2.05, 4.69) is 19.9 Å². The fraction of sp³-hybridized carbons (Fsp3) is 0.932. The molecule has 368 valence electrons. The molecule has 0 aromatic heterocycles. The van der Waals surface area contributed by atoms with Crippen molar-refractivity contribution in [3.63, 3.8) is 0 Å². The van der Waals surface area contributed by atoms with Crippen LogP contribution in [-0.4, -0.2) is 170 Å². The second-order valence-electron chi connectivity index (χ2n) is 21.1. The van der Waals surface area contributed by atoms with Crippen LogP contribution < -0.4 is 29.6 Å². The van der Waals surface area contributed by atoms with Crippen molar-refractivity contribution in [1.29, 1.82) is 0 Å². The Morgan fingerprint density at radius 2 is 1.48 bits per heavy atom. The van der Waals surface area contributed by atoms with Crippen molar-refractivity contribution in [2.24, 2.45) is 40.4 Å². The number of carbonyl (C=O) groups is 1. The van der Waals surface area contributed by atoms with Gasteiger partial charge in [-0.15, -0.1) is 0 Å². The number of ether oxygens (including phenoxy) is 6. The molecule has 0 bridgehead atoms. The summed E-state index contributed by atoms with van der Waals surface area (Å²) in [5.74, 6) is -0.430. The molecule has 3 aliphatic heterocycles. The second kappa shape index (κ2) is 20.4. The first-order chi connectivity index (χ1) is 29.8. The Balaban J connectivity index is 0.00000700. The maximum atomic E-state index is 13.1. The first-order valence-corrected chi connectivity index (χ1v) is 24.3. The summed E-state index contributed by atoms with van der Waals surface area (Å²) < 4.78 is 76.8. The molecule has 3 saturated heterocycles. The molecule has 8 N–H and O–H groups in total. The van der Waals surface area contributed by atoms with Crippen molar-refractivity contribution in [3.8, 4) is 0 Å². The van der Waals surface area contributed by atoms with Crippen LogP contribution in [0.4, 0.5) is 0 Å². The molecular weight excluding hydrogens is 888 g/mol. The summed E-state index contributed by atoms with van der Waals surface area (Å²) in [5.41, 5.74) is -1.00. The summed E-state index contributed by atoms with van der Waals surface area (Å²) in [6.45, 7) is 12.5. The van der Waals surface area contributed by atoms with Crippen molar-refractivity contribution in [1.82, 2.24) is 0 Å². The van der Waals surface area contributed by atoms with Crippen LogP contribution in [0.15, 0.2) is 11.6 Å². The van der Waals surface area contributed by atoms with E-state index in [1.165, 1.54) is 19.4 Å². The Kier molecular flexibility index (Phi) is 17.0. The van der Waals surface area contributed by atoms with E-state index in [-0.39, 0.29) is 83.7 Å². The Morgan fingerprint density at radius 1 is 0.846 bits per heavy atom. The number of aliphatic hydroxyl groups excluding tert-OH is 7. The standard InChI is InChI=1S/C44H72O19S.Na/c1-19(2)14-22(45)17-44(7,53)30-9-8-25-24-16-29(27-15-23(63-64(54,55)56)10-12-42(27,5)26(24)11-13-43(25,30)6)60-40-36(52)37(32(48)21(4)59-40)61-41-38(33(49)28(46)18-57-41)62-39-35(51)34(50)31(47)20(3)58-39;/h11,19-21,23-25,27-41,46-53H,8-10,12-18H2,1-7H3,(H,54,55,56);/q;+1/p-1/t20-,21-,23+,24+,25+,27-,28-,29+,30+,31-,32-,33+,34+,35-,36-,37+,38-,39+,40+,41+,42-,43+,44+;/m1./s1. The zero-order valence-electron chi connectivity index (χ0n) is 38.7. The van der Waals surface area contributed by atoms with E-state index in [1.807, 2.05) is 13.8 Å². The first kappa shape index (κ1) is 54.1. The predicted molar refractivity (Wildman–Crippen MR) is 220 cm³/mol. The Bertz CT molecular complexity index is 1800. The minimum absolute atomic E-state index is 0. The molecule has 7 aliphatic rings. The average molecular weight is 959 g/mol. The monoisotopic (exact) mass is 958 g/mol. The fourth-order valence-electron chi connectivity index (χ4n) is 12.9. The number of allylic oxidation sites excluding steroid dienone is 2. The topological polar surface area (TPSA) is 301 Å². The van der Waals surface area contributed by atoms with Crippen LogP contribution in [0.5, 0.6) is 0 Å². The van der Waals surface area contributed by atoms with Crippen molar-refractivity contribution in [3.05, 3.63) is 11.6 Å². The van der Waals surface area contributed by atoms with Gasteiger partial charge in [-0.3, -0.25) is 8.98 Å². The number of hydrogen-bond donors (Lipinski definition) is 8.